The molecule has 1 saturated carbocycles. The van der Waals surface area contributed by atoms with Crippen molar-refractivity contribution in [2.45, 2.75) is 77.0 Å². The van der Waals surface area contributed by atoms with Crippen LogP contribution in [-0.4, -0.2) is 19.5 Å². The molecule has 0 radical (unpaired) electrons. The molecule has 6 atom stereocenters. The van der Waals surface area contributed by atoms with Gasteiger partial charge in [-0.05, 0) is 155 Å². The SMILES string of the molecule is C=CCC/C=C/C1C=CC(c2nc(-c3ccc([C@@H]4C=CC=CC4C)cc3)nc(-c3cc(-c4ccccc4)c(-n4c5c(c6ccc(-c7ccccc7)c(C7C8C=CC=CCC87)c64)CCC(C4=CC=CCC4)=C5c4ccccc4)c(-c4ccccc4)c3C)n2)=CC1. The molecule has 15 rings (SSSR count). The van der Waals surface area contributed by atoms with Crippen LogP contribution in [0.25, 0.3) is 83.9 Å². The number of aryl methyl sites for hydroxylation is 1. The topological polar surface area (TPSA) is 43.6 Å². The molecule has 0 spiro atoms. The fourth-order valence-electron chi connectivity index (χ4n) is 15.1. The van der Waals surface area contributed by atoms with Crippen LogP contribution in [0.1, 0.15) is 103 Å². The highest BCUT2D eigenvalue weighted by molar-refractivity contribution is 6.05. The summed E-state index contributed by atoms with van der Waals surface area (Å²) in [4.78, 5) is 16.7. The van der Waals surface area contributed by atoms with Crippen LogP contribution in [0.5, 0.6) is 0 Å². The monoisotopic (exact) mass is 1150 g/mol. The van der Waals surface area contributed by atoms with Crippen LogP contribution in [-0.2, 0) is 6.42 Å². The van der Waals surface area contributed by atoms with Gasteiger partial charge in [0.05, 0.1) is 16.9 Å². The Morgan fingerprint density at radius 3 is 2.00 bits per heavy atom. The summed E-state index contributed by atoms with van der Waals surface area (Å²) in [6.07, 6.45) is 46.6. The van der Waals surface area contributed by atoms with E-state index in [1.54, 1.807) is 0 Å². The van der Waals surface area contributed by atoms with Crippen LogP contribution >= 0.6 is 0 Å². The highest BCUT2D eigenvalue weighted by Gasteiger charge is 2.51. The number of aromatic nitrogens is 4. The minimum Gasteiger partial charge on any atom is -0.307 e. The number of fused-ring (bicyclic) bond motifs is 4. The summed E-state index contributed by atoms with van der Waals surface area (Å²) in [7, 11) is 0. The van der Waals surface area contributed by atoms with Gasteiger partial charge in [0, 0.05) is 44.7 Å². The van der Waals surface area contributed by atoms with Gasteiger partial charge in [0.15, 0.2) is 17.5 Å². The molecule has 2 aromatic heterocycles. The normalized spacial score (nSPS) is 20.8. The van der Waals surface area contributed by atoms with E-state index < -0.39 is 0 Å². The van der Waals surface area contributed by atoms with Crippen LogP contribution in [0.3, 0.4) is 0 Å². The molecule has 5 unspecified atom stereocenters. The lowest BCUT2D eigenvalue weighted by molar-refractivity contribution is 0.635. The summed E-state index contributed by atoms with van der Waals surface area (Å²) in [6.45, 7) is 8.56. The van der Waals surface area contributed by atoms with E-state index in [0.29, 0.717) is 53.0 Å². The van der Waals surface area contributed by atoms with Gasteiger partial charge in [-0.15, -0.1) is 6.58 Å². The molecule has 4 nitrogen and oxygen atoms in total. The Kier molecular flexibility index (Phi) is 15.3. The average molecular weight is 1150 g/mol. The molecule has 6 aliphatic carbocycles. The second-order valence-corrected chi connectivity index (χ2v) is 25.0. The molecule has 2 heterocycles. The minimum absolute atomic E-state index is 0.297. The van der Waals surface area contributed by atoms with Crippen molar-refractivity contribution in [3.63, 3.8) is 0 Å². The van der Waals surface area contributed by atoms with Gasteiger partial charge < -0.3 is 4.57 Å². The van der Waals surface area contributed by atoms with Crippen molar-refractivity contribution in [3.8, 4) is 61.8 Å². The predicted octanol–water partition coefficient (Wildman–Crippen LogP) is 21.7. The van der Waals surface area contributed by atoms with Gasteiger partial charge in [0.1, 0.15) is 0 Å². The number of unbranched alkanes of at least 4 members (excludes halogenated alkanes) is 1. The quantitative estimate of drug-likeness (QED) is 0.0759. The Labute approximate surface area is 525 Å². The summed E-state index contributed by atoms with van der Waals surface area (Å²) >= 11 is 0. The molecule has 6 aliphatic rings. The largest absolute Gasteiger partial charge is 0.307 e. The lowest BCUT2D eigenvalue weighted by Crippen LogP contribution is -2.14. The van der Waals surface area contributed by atoms with Crippen LogP contribution < -0.4 is 0 Å². The molecule has 4 heteroatoms. The Hall–Kier alpha value is -9.77. The summed E-state index contributed by atoms with van der Waals surface area (Å²) in [5.74, 6) is 4.17. The van der Waals surface area contributed by atoms with E-state index in [4.69, 9.17) is 15.0 Å². The van der Waals surface area contributed by atoms with Crippen LogP contribution in [0.4, 0.5) is 0 Å². The Bertz CT molecular complexity index is 4520. The third kappa shape index (κ3) is 10.6. The first kappa shape index (κ1) is 55.8. The summed E-state index contributed by atoms with van der Waals surface area (Å²) in [5, 5.41) is 1.34. The molecule has 7 aromatic carbocycles. The van der Waals surface area contributed by atoms with Gasteiger partial charge in [-0.2, -0.15) is 0 Å². The summed E-state index contributed by atoms with van der Waals surface area (Å²) < 4.78 is 2.82. The van der Waals surface area contributed by atoms with E-state index in [1.807, 2.05) is 6.08 Å². The first-order valence-electron chi connectivity index (χ1n) is 32.4. The first-order chi connectivity index (χ1) is 44.0. The first-order valence-corrected chi connectivity index (χ1v) is 32.4. The van der Waals surface area contributed by atoms with Gasteiger partial charge in [0.25, 0.3) is 0 Å². The Morgan fingerprint density at radius 2 is 1.29 bits per heavy atom. The maximum Gasteiger partial charge on any atom is 0.164 e. The zero-order valence-electron chi connectivity index (χ0n) is 51.0. The van der Waals surface area contributed by atoms with Crippen LogP contribution in [0.15, 0.2) is 285 Å². The van der Waals surface area contributed by atoms with Crippen molar-refractivity contribution in [2.24, 2.45) is 23.7 Å². The highest BCUT2D eigenvalue weighted by Crippen LogP contribution is 2.62. The van der Waals surface area contributed by atoms with E-state index in [0.717, 1.165) is 95.9 Å². The molecule has 0 bridgehead atoms. The number of hydrogen-bond donors (Lipinski definition) is 0. The third-order valence-corrected chi connectivity index (χ3v) is 19.6. The van der Waals surface area contributed by atoms with Gasteiger partial charge in [-0.25, -0.2) is 15.0 Å². The lowest BCUT2D eigenvalue weighted by Gasteiger charge is -2.29. The van der Waals surface area contributed by atoms with Crippen LogP contribution in [0.2, 0.25) is 0 Å². The Morgan fingerprint density at radius 1 is 0.596 bits per heavy atom. The molecular weight excluding hydrogens is 1080 g/mol. The molecule has 434 valence electrons. The molecule has 9 aromatic rings. The van der Waals surface area contributed by atoms with Gasteiger partial charge in [-0.1, -0.05) is 268 Å². The highest BCUT2D eigenvalue weighted by atomic mass is 15.0. The summed E-state index contributed by atoms with van der Waals surface area (Å²) in [6, 6.07) is 61.3. The number of nitrogens with zero attached hydrogens (tertiary/aromatic N) is 4. The van der Waals surface area contributed by atoms with Crippen molar-refractivity contribution >= 4 is 22.0 Å². The van der Waals surface area contributed by atoms with E-state index in [-0.39, 0.29) is 0 Å². The van der Waals surface area contributed by atoms with Crippen LogP contribution in [0, 0.1) is 30.6 Å². The van der Waals surface area contributed by atoms with Crippen molar-refractivity contribution in [1.29, 1.82) is 0 Å². The number of rotatable bonds is 15. The minimum atomic E-state index is 0.297. The predicted molar refractivity (Wildman–Crippen MR) is 372 cm³/mol. The maximum absolute atomic E-state index is 5.64. The van der Waals surface area contributed by atoms with Crippen molar-refractivity contribution in [1.82, 2.24) is 19.5 Å². The molecule has 0 aliphatic heterocycles. The summed E-state index contributed by atoms with van der Waals surface area (Å²) in [5.41, 5.74) is 24.5. The lowest BCUT2D eigenvalue weighted by atomic mass is 9.80. The Balaban J connectivity index is 1.05. The number of hydrogen-bond acceptors (Lipinski definition) is 3. The molecule has 1 fully saturated rings. The number of allylic oxidation sites excluding steroid dienone is 20. The molecular formula is C85H74N4. The van der Waals surface area contributed by atoms with Crippen molar-refractivity contribution < 1.29 is 0 Å². The van der Waals surface area contributed by atoms with E-state index in [2.05, 4.69) is 286 Å². The zero-order valence-corrected chi connectivity index (χ0v) is 51.0. The molecule has 0 amide bonds. The van der Waals surface area contributed by atoms with E-state index in [1.165, 1.54) is 72.4 Å². The van der Waals surface area contributed by atoms with E-state index >= 15 is 0 Å². The van der Waals surface area contributed by atoms with Gasteiger partial charge >= 0.3 is 0 Å². The second-order valence-electron chi connectivity index (χ2n) is 25.0. The number of benzene rings is 7. The molecule has 0 N–H and O–H groups in total. The van der Waals surface area contributed by atoms with Gasteiger partial charge in [-0.3, -0.25) is 0 Å². The standard InChI is InChI=1S/C85H74N4/c1-4-5-6-13-29-58-43-45-65(46-44-58)83-86-84(66-49-47-62(48-50-66)67-40-27-26-28-56(67)2)88-85(87-83)74-55-75(61-34-18-9-19-35-61)82(76(57(74)3)63-36-20-10-21-37-63)89-80-72(53-51-68(59-30-14-7-15-31-59)77(80)64-38-22-11-23-39-64)73-54-52-69(60-32-16-8-17-33-60)79(81(73)89)78-70-41-24-12-25-42-71(70)78/h4,7-14,16-30,32-41,43,45-50,52,54-56,58,67,70-71,78H,1,5-6,15,31,42,44,51,53H2,2-3H3/b29-13+/t56?,58?,67-,70?,71?,78?/m1/s1. The zero-order chi connectivity index (χ0) is 59.8. The average Bonchev–Trinajstić information content (AvgIpc) is 1.59. The van der Waals surface area contributed by atoms with E-state index in [9.17, 15) is 0 Å². The molecule has 0 saturated heterocycles. The van der Waals surface area contributed by atoms with Crippen molar-refractivity contribution in [2.75, 3.05) is 0 Å². The van der Waals surface area contributed by atoms with Gasteiger partial charge in [0.2, 0.25) is 0 Å². The third-order valence-electron chi connectivity index (χ3n) is 19.6. The van der Waals surface area contributed by atoms with Crippen molar-refractivity contribution in [3.05, 3.63) is 324 Å². The fourth-order valence-corrected chi connectivity index (χ4v) is 15.1. The smallest absolute Gasteiger partial charge is 0.164 e. The fraction of sp³-hybridized carbons (Fsp3) is 0.188. The maximum atomic E-state index is 5.64. The molecule has 89 heavy (non-hydrogen) atoms. The second kappa shape index (κ2) is 24.4.